The highest BCUT2D eigenvalue weighted by molar-refractivity contribution is 6.30. The number of aromatic amines is 2. The average molecular weight is 417 g/mol. The van der Waals surface area contributed by atoms with Crippen LogP contribution in [0.15, 0.2) is 52.1 Å². The Morgan fingerprint density at radius 3 is 2.48 bits per heavy atom. The van der Waals surface area contributed by atoms with E-state index in [4.69, 9.17) is 16.3 Å². The van der Waals surface area contributed by atoms with Crippen molar-refractivity contribution in [3.05, 3.63) is 68.2 Å². The Balaban J connectivity index is 1.61. The number of hydrogen-bond acceptors (Lipinski definition) is 5. The highest BCUT2D eigenvalue weighted by Crippen LogP contribution is 2.17. The first-order chi connectivity index (χ1) is 13.8. The Morgan fingerprint density at radius 1 is 1.07 bits per heavy atom. The van der Waals surface area contributed by atoms with Crippen molar-refractivity contribution in [3.63, 3.8) is 0 Å². The molecule has 3 aromatic rings. The number of hydrogen-bond donors (Lipinski definition) is 4. The second-order valence-electron chi connectivity index (χ2n) is 6.12. The molecule has 0 radical (unpaired) electrons. The van der Waals surface area contributed by atoms with E-state index < -0.39 is 29.0 Å². The number of fused-ring (bicyclic) bond motifs is 1. The van der Waals surface area contributed by atoms with E-state index in [9.17, 15) is 19.2 Å². The van der Waals surface area contributed by atoms with Gasteiger partial charge in [0.25, 0.3) is 17.0 Å². The predicted octanol–water partition coefficient (Wildman–Crippen LogP) is 1.39. The number of nitrogens with one attached hydrogen (secondary N) is 4. The van der Waals surface area contributed by atoms with Crippen molar-refractivity contribution >= 4 is 39.9 Å². The van der Waals surface area contributed by atoms with Crippen LogP contribution in [0.4, 0.5) is 5.69 Å². The number of benzene rings is 2. The molecule has 1 heterocycles. The summed E-state index contributed by atoms with van der Waals surface area (Å²) in [6.07, 6.45) is -0.845. The zero-order valence-electron chi connectivity index (χ0n) is 15.2. The lowest BCUT2D eigenvalue weighted by atomic mass is 10.1. The molecule has 1 unspecified atom stereocenters. The number of ether oxygens (including phenoxy) is 1. The van der Waals surface area contributed by atoms with Gasteiger partial charge in [-0.2, -0.15) is 0 Å². The van der Waals surface area contributed by atoms with E-state index in [-0.39, 0.29) is 23.0 Å². The number of aromatic nitrogens is 2. The molecule has 10 heteroatoms. The lowest BCUT2D eigenvalue weighted by molar-refractivity contribution is -0.129. The SMILES string of the molecule is CC(Oc1ccc(Cl)cc1)C(=O)NCC(=O)Nc1cccc2c(=O)[nH][nH]c(=O)c12. The molecule has 0 bridgehead atoms. The molecule has 9 nitrogen and oxygen atoms in total. The fourth-order valence-electron chi connectivity index (χ4n) is 2.61. The van der Waals surface area contributed by atoms with Crippen molar-refractivity contribution in [2.24, 2.45) is 0 Å². The largest absolute Gasteiger partial charge is 0.481 e. The van der Waals surface area contributed by atoms with Gasteiger partial charge in [0.2, 0.25) is 5.91 Å². The zero-order chi connectivity index (χ0) is 21.0. The Labute approximate surface area is 169 Å². The molecule has 0 saturated heterocycles. The monoisotopic (exact) mass is 416 g/mol. The second-order valence-corrected chi connectivity index (χ2v) is 6.55. The lowest BCUT2D eigenvalue weighted by Crippen LogP contribution is -2.40. The zero-order valence-corrected chi connectivity index (χ0v) is 16.0. The quantitative estimate of drug-likeness (QED) is 0.482. The minimum atomic E-state index is -0.845. The summed E-state index contributed by atoms with van der Waals surface area (Å²) < 4.78 is 5.48. The second kappa shape index (κ2) is 8.61. The minimum Gasteiger partial charge on any atom is -0.481 e. The van der Waals surface area contributed by atoms with Crippen molar-refractivity contribution in [1.29, 1.82) is 0 Å². The standard InChI is InChI=1S/C19H17ClN4O5/c1-10(29-12-7-5-11(20)6-8-12)17(26)21-9-15(25)22-14-4-2-3-13-16(14)19(28)24-23-18(13)27/h2-8,10H,9H2,1H3,(H,21,26)(H,22,25)(H,23,27)(H,24,28). The van der Waals surface area contributed by atoms with Crippen LogP contribution < -0.4 is 26.5 Å². The molecule has 3 rings (SSSR count). The maximum absolute atomic E-state index is 12.2. The number of carbonyl (C=O) groups excluding carboxylic acids is 2. The summed E-state index contributed by atoms with van der Waals surface area (Å²) in [5.74, 6) is -0.603. The summed E-state index contributed by atoms with van der Waals surface area (Å²) in [4.78, 5) is 48.2. The topological polar surface area (TPSA) is 133 Å². The number of carbonyl (C=O) groups is 2. The van der Waals surface area contributed by atoms with Crippen molar-refractivity contribution < 1.29 is 14.3 Å². The molecular weight excluding hydrogens is 400 g/mol. The van der Waals surface area contributed by atoms with Crippen LogP contribution >= 0.6 is 11.6 Å². The normalized spacial score (nSPS) is 11.7. The molecule has 0 aliphatic rings. The van der Waals surface area contributed by atoms with E-state index in [0.29, 0.717) is 10.8 Å². The first-order valence-corrected chi connectivity index (χ1v) is 8.96. The molecular formula is C19H17ClN4O5. The van der Waals surface area contributed by atoms with Gasteiger partial charge in [-0.15, -0.1) is 0 Å². The van der Waals surface area contributed by atoms with Gasteiger partial charge in [-0.1, -0.05) is 17.7 Å². The fourth-order valence-corrected chi connectivity index (χ4v) is 2.74. The van der Waals surface area contributed by atoms with E-state index in [2.05, 4.69) is 20.8 Å². The van der Waals surface area contributed by atoms with Crippen LogP contribution in [0.25, 0.3) is 10.8 Å². The number of halogens is 1. The van der Waals surface area contributed by atoms with Crippen LogP contribution in [0, 0.1) is 0 Å². The van der Waals surface area contributed by atoms with Gasteiger partial charge in [0.05, 0.1) is 23.0 Å². The van der Waals surface area contributed by atoms with Crippen molar-refractivity contribution in [1.82, 2.24) is 15.5 Å². The van der Waals surface area contributed by atoms with Gasteiger partial charge in [0, 0.05) is 5.02 Å². The first kappa shape index (κ1) is 20.2. The summed E-state index contributed by atoms with van der Waals surface area (Å²) in [5.41, 5.74) is -0.874. The van der Waals surface area contributed by atoms with Gasteiger partial charge in [-0.25, -0.2) is 0 Å². The summed E-state index contributed by atoms with van der Waals surface area (Å²) in [6, 6.07) is 11.0. The molecule has 4 N–H and O–H groups in total. The third-order valence-electron chi connectivity index (χ3n) is 4.02. The average Bonchev–Trinajstić information content (AvgIpc) is 2.70. The van der Waals surface area contributed by atoms with Crippen LogP contribution in [0.3, 0.4) is 0 Å². The van der Waals surface area contributed by atoms with Crippen LogP contribution in [0.1, 0.15) is 6.92 Å². The third-order valence-corrected chi connectivity index (χ3v) is 4.27. The van der Waals surface area contributed by atoms with Crippen molar-refractivity contribution in [2.45, 2.75) is 13.0 Å². The molecule has 150 valence electrons. The maximum atomic E-state index is 12.2. The number of amides is 2. The Hall–Kier alpha value is -3.59. The van der Waals surface area contributed by atoms with Crippen LogP contribution in [-0.4, -0.2) is 34.7 Å². The predicted molar refractivity (Wildman–Crippen MR) is 108 cm³/mol. The lowest BCUT2D eigenvalue weighted by Gasteiger charge is -2.15. The van der Waals surface area contributed by atoms with E-state index in [1.54, 1.807) is 31.2 Å². The third kappa shape index (κ3) is 4.82. The Morgan fingerprint density at radius 2 is 1.76 bits per heavy atom. The van der Waals surface area contributed by atoms with Gasteiger partial charge >= 0.3 is 0 Å². The fraction of sp³-hybridized carbons (Fsp3) is 0.158. The van der Waals surface area contributed by atoms with Gasteiger partial charge in [0.1, 0.15) is 5.75 Å². The Kier molecular flexibility index (Phi) is 5.99. The summed E-state index contributed by atoms with van der Waals surface area (Å²) >= 11 is 5.80. The highest BCUT2D eigenvalue weighted by Gasteiger charge is 2.16. The van der Waals surface area contributed by atoms with Gasteiger partial charge in [-0.3, -0.25) is 29.4 Å². The van der Waals surface area contributed by atoms with Gasteiger partial charge in [0.15, 0.2) is 6.10 Å². The van der Waals surface area contributed by atoms with E-state index in [0.717, 1.165) is 0 Å². The van der Waals surface area contributed by atoms with E-state index >= 15 is 0 Å². The first-order valence-electron chi connectivity index (χ1n) is 8.58. The number of H-pyrrole nitrogens is 2. The summed E-state index contributed by atoms with van der Waals surface area (Å²) in [5, 5.41) is 10.1. The van der Waals surface area contributed by atoms with E-state index in [1.165, 1.54) is 18.2 Å². The molecule has 2 amide bonds. The van der Waals surface area contributed by atoms with Crippen LogP contribution in [-0.2, 0) is 9.59 Å². The molecule has 1 aromatic heterocycles. The van der Waals surface area contributed by atoms with Crippen LogP contribution in [0.2, 0.25) is 5.02 Å². The maximum Gasteiger partial charge on any atom is 0.272 e. The molecule has 0 spiro atoms. The van der Waals surface area contributed by atoms with Gasteiger partial charge < -0.3 is 15.4 Å². The molecule has 29 heavy (non-hydrogen) atoms. The van der Waals surface area contributed by atoms with Crippen molar-refractivity contribution in [2.75, 3.05) is 11.9 Å². The number of anilines is 1. The van der Waals surface area contributed by atoms with E-state index in [1.807, 2.05) is 0 Å². The summed E-state index contributed by atoms with van der Waals surface area (Å²) in [6.45, 7) is 1.20. The van der Waals surface area contributed by atoms with Crippen LogP contribution in [0.5, 0.6) is 5.75 Å². The smallest absolute Gasteiger partial charge is 0.272 e. The van der Waals surface area contributed by atoms with Crippen molar-refractivity contribution in [3.8, 4) is 5.75 Å². The Bertz CT molecular complexity index is 1170. The van der Waals surface area contributed by atoms with Gasteiger partial charge in [-0.05, 0) is 43.3 Å². The molecule has 2 aromatic carbocycles. The number of rotatable bonds is 6. The molecule has 0 fully saturated rings. The molecule has 0 aliphatic carbocycles. The molecule has 0 aliphatic heterocycles. The molecule has 0 saturated carbocycles. The highest BCUT2D eigenvalue weighted by atomic mass is 35.5. The molecule has 1 atom stereocenters. The summed E-state index contributed by atoms with van der Waals surface area (Å²) in [7, 11) is 0. The minimum absolute atomic E-state index is 0.0513.